The average molecular weight is 213 g/mol. The Hall–Kier alpha value is -0.770. The van der Waals surface area contributed by atoms with Gasteiger partial charge in [0.1, 0.15) is 0 Å². The van der Waals surface area contributed by atoms with Gasteiger partial charge >= 0.3 is 0 Å². The molecule has 1 aromatic rings. The maximum absolute atomic E-state index is 13.3. The van der Waals surface area contributed by atoms with E-state index in [1.807, 2.05) is 6.26 Å². The van der Waals surface area contributed by atoms with E-state index in [1.54, 1.807) is 6.07 Å². The highest BCUT2D eigenvalue weighted by molar-refractivity contribution is 7.98. The zero-order valence-corrected chi connectivity index (χ0v) is 8.81. The molecule has 0 radical (unpaired) electrons. The average Bonchev–Trinajstić information content (AvgIpc) is 2.99. The number of thioether (sulfide) groups is 1. The summed E-state index contributed by atoms with van der Waals surface area (Å²) in [4.78, 5) is 4.40. The molecular weight excluding hydrogens is 201 g/mol. The van der Waals surface area contributed by atoms with Gasteiger partial charge < -0.3 is 4.74 Å². The Bertz CT molecular complexity index is 328. The monoisotopic (exact) mass is 213 g/mol. The number of ether oxygens (including phenoxy) is 1. The summed E-state index contributed by atoms with van der Waals surface area (Å²) >= 11 is 1.48. The van der Waals surface area contributed by atoms with E-state index in [-0.39, 0.29) is 0 Å². The number of aromatic nitrogens is 1. The summed E-state index contributed by atoms with van der Waals surface area (Å²) in [6, 6.07) is 1.77. The summed E-state index contributed by atoms with van der Waals surface area (Å²) in [5, 5.41) is 0. The van der Waals surface area contributed by atoms with Crippen molar-refractivity contribution in [2.45, 2.75) is 17.7 Å². The van der Waals surface area contributed by atoms with Crippen LogP contribution in [0.2, 0.25) is 0 Å². The topological polar surface area (TPSA) is 22.1 Å². The van der Waals surface area contributed by atoms with Gasteiger partial charge in [-0.2, -0.15) is 4.39 Å². The van der Waals surface area contributed by atoms with Crippen LogP contribution in [0.25, 0.3) is 0 Å². The third kappa shape index (κ3) is 2.18. The Balaban J connectivity index is 2.11. The van der Waals surface area contributed by atoms with Crippen molar-refractivity contribution in [1.29, 1.82) is 0 Å². The van der Waals surface area contributed by atoms with Crippen LogP contribution in [0.5, 0.6) is 5.75 Å². The molecule has 0 aliphatic heterocycles. The van der Waals surface area contributed by atoms with Crippen molar-refractivity contribution in [2.75, 3.05) is 12.9 Å². The van der Waals surface area contributed by atoms with Crippen LogP contribution in [0, 0.1) is 11.9 Å². The smallest absolute Gasteiger partial charge is 0.256 e. The van der Waals surface area contributed by atoms with E-state index in [0.717, 1.165) is 4.90 Å². The molecule has 4 heteroatoms. The fourth-order valence-electron chi connectivity index (χ4n) is 1.18. The van der Waals surface area contributed by atoms with Crippen molar-refractivity contribution in [3.63, 3.8) is 0 Å². The van der Waals surface area contributed by atoms with E-state index in [0.29, 0.717) is 18.3 Å². The molecule has 1 aliphatic rings. The van der Waals surface area contributed by atoms with Crippen molar-refractivity contribution >= 4 is 11.8 Å². The summed E-state index contributed by atoms with van der Waals surface area (Å²) in [7, 11) is 0. The predicted molar refractivity (Wildman–Crippen MR) is 54.2 cm³/mol. The molecule has 1 aromatic heterocycles. The van der Waals surface area contributed by atoms with Gasteiger partial charge in [-0.1, -0.05) is 0 Å². The lowest BCUT2D eigenvalue weighted by molar-refractivity contribution is 0.274. The van der Waals surface area contributed by atoms with Gasteiger partial charge in [-0.25, -0.2) is 4.98 Å². The van der Waals surface area contributed by atoms with E-state index in [9.17, 15) is 4.39 Å². The van der Waals surface area contributed by atoms with Gasteiger partial charge in [0.15, 0.2) is 5.75 Å². The molecule has 0 saturated heterocycles. The summed E-state index contributed by atoms with van der Waals surface area (Å²) in [6.45, 7) is 0.621. The van der Waals surface area contributed by atoms with Gasteiger partial charge in [0.25, 0.3) is 5.95 Å². The molecule has 76 valence electrons. The largest absolute Gasteiger partial charge is 0.487 e. The summed E-state index contributed by atoms with van der Waals surface area (Å²) in [5.41, 5.74) is 0. The van der Waals surface area contributed by atoms with E-state index >= 15 is 0 Å². The maximum atomic E-state index is 13.3. The maximum Gasteiger partial charge on any atom is 0.256 e. The summed E-state index contributed by atoms with van der Waals surface area (Å²) in [6.07, 6.45) is 5.77. The molecule has 2 rings (SSSR count). The molecule has 1 fully saturated rings. The van der Waals surface area contributed by atoms with E-state index in [4.69, 9.17) is 4.74 Å². The van der Waals surface area contributed by atoms with Gasteiger partial charge in [-0.05, 0) is 31.1 Å². The van der Waals surface area contributed by atoms with Crippen molar-refractivity contribution < 1.29 is 9.13 Å². The molecular formula is C10H12FNOS. The molecule has 2 nitrogen and oxygen atoms in total. The van der Waals surface area contributed by atoms with E-state index in [1.165, 1.54) is 30.8 Å². The zero-order chi connectivity index (χ0) is 9.97. The highest BCUT2D eigenvalue weighted by atomic mass is 32.2. The molecule has 0 bridgehead atoms. The molecule has 0 unspecified atom stereocenters. The summed E-state index contributed by atoms with van der Waals surface area (Å²) in [5.74, 6) is 0.439. The fourth-order valence-corrected chi connectivity index (χ4v) is 1.71. The molecule has 0 atom stereocenters. The van der Waals surface area contributed by atoms with Crippen LogP contribution >= 0.6 is 11.8 Å². The second-order valence-corrected chi connectivity index (χ2v) is 4.24. The van der Waals surface area contributed by atoms with Crippen LogP contribution in [-0.2, 0) is 0 Å². The zero-order valence-electron chi connectivity index (χ0n) is 8.00. The lowest BCUT2D eigenvalue weighted by Crippen LogP contribution is -2.03. The predicted octanol–water partition coefficient (Wildman–Crippen LogP) is 2.73. The molecule has 1 saturated carbocycles. The minimum atomic E-state index is -0.502. The first kappa shape index (κ1) is 9.77. The molecule has 1 heterocycles. The quantitative estimate of drug-likeness (QED) is 0.567. The molecule has 0 amide bonds. The van der Waals surface area contributed by atoms with Crippen molar-refractivity contribution in [3.05, 3.63) is 18.2 Å². The number of pyridine rings is 1. The second kappa shape index (κ2) is 4.17. The van der Waals surface area contributed by atoms with Gasteiger partial charge in [0.2, 0.25) is 0 Å². The number of hydrogen-bond donors (Lipinski definition) is 0. The van der Waals surface area contributed by atoms with Crippen LogP contribution in [0.4, 0.5) is 4.39 Å². The van der Waals surface area contributed by atoms with Crippen LogP contribution in [0.3, 0.4) is 0 Å². The minimum Gasteiger partial charge on any atom is -0.487 e. The molecule has 0 aromatic carbocycles. The third-order valence-electron chi connectivity index (χ3n) is 2.21. The minimum absolute atomic E-state index is 0.312. The SMILES string of the molecule is CSc1ccnc(F)c1OCC1CC1. The Morgan fingerprint density at radius 2 is 2.43 bits per heavy atom. The van der Waals surface area contributed by atoms with Gasteiger partial charge in [0.05, 0.1) is 11.5 Å². The number of rotatable bonds is 4. The van der Waals surface area contributed by atoms with Crippen LogP contribution in [0.15, 0.2) is 17.2 Å². The number of hydrogen-bond acceptors (Lipinski definition) is 3. The molecule has 0 N–H and O–H groups in total. The normalized spacial score (nSPS) is 15.6. The van der Waals surface area contributed by atoms with Gasteiger partial charge in [0, 0.05) is 6.20 Å². The highest BCUT2D eigenvalue weighted by Crippen LogP contribution is 2.33. The highest BCUT2D eigenvalue weighted by Gasteiger charge is 2.23. The Morgan fingerprint density at radius 3 is 3.07 bits per heavy atom. The first-order chi connectivity index (χ1) is 6.81. The Kier molecular flexibility index (Phi) is 2.91. The molecule has 1 aliphatic carbocycles. The van der Waals surface area contributed by atoms with Crippen molar-refractivity contribution in [2.24, 2.45) is 5.92 Å². The van der Waals surface area contributed by atoms with Crippen molar-refractivity contribution in [1.82, 2.24) is 4.98 Å². The van der Waals surface area contributed by atoms with Crippen LogP contribution in [0.1, 0.15) is 12.8 Å². The third-order valence-corrected chi connectivity index (χ3v) is 2.97. The lowest BCUT2D eigenvalue weighted by Gasteiger charge is -2.09. The summed E-state index contributed by atoms with van der Waals surface area (Å²) < 4.78 is 18.7. The Labute approximate surface area is 86.9 Å². The first-order valence-electron chi connectivity index (χ1n) is 4.62. The lowest BCUT2D eigenvalue weighted by atomic mass is 10.4. The fraction of sp³-hybridized carbons (Fsp3) is 0.500. The van der Waals surface area contributed by atoms with Crippen molar-refractivity contribution in [3.8, 4) is 5.75 Å². The van der Waals surface area contributed by atoms with Gasteiger partial charge in [-0.3, -0.25) is 0 Å². The standard InChI is InChI=1S/C10H12FNOS/c1-14-8-4-5-12-10(11)9(8)13-6-7-2-3-7/h4-5,7H,2-3,6H2,1H3. The van der Waals surface area contributed by atoms with Crippen LogP contribution < -0.4 is 4.74 Å². The number of halogens is 1. The van der Waals surface area contributed by atoms with Gasteiger partial charge in [-0.15, -0.1) is 11.8 Å². The van der Waals surface area contributed by atoms with E-state index in [2.05, 4.69) is 4.98 Å². The molecule has 14 heavy (non-hydrogen) atoms. The Morgan fingerprint density at radius 1 is 1.64 bits per heavy atom. The molecule has 0 spiro atoms. The first-order valence-corrected chi connectivity index (χ1v) is 5.85. The van der Waals surface area contributed by atoms with Crippen LogP contribution in [-0.4, -0.2) is 17.8 Å². The number of nitrogens with zero attached hydrogens (tertiary/aromatic N) is 1. The van der Waals surface area contributed by atoms with E-state index < -0.39 is 5.95 Å². The second-order valence-electron chi connectivity index (χ2n) is 3.39.